The third-order valence-corrected chi connectivity index (χ3v) is 4.09. The third kappa shape index (κ3) is 1.37. The van der Waals surface area contributed by atoms with E-state index in [0.717, 1.165) is 4.91 Å². The maximum atomic E-state index is 5.07. The SMILES string of the molecule is C#CC1=CSSS1. The van der Waals surface area contributed by atoms with Crippen molar-refractivity contribution in [2.24, 2.45) is 0 Å². The zero-order chi connectivity index (χ0) is 5.11. The molecule has 0 aromatic rings. The average Bonchev–Trinajstić information content (AvgIpc) is 2.14. The van der Waals surface area contributed by atoms with E-state index in [0.29, 0.717) is 0 Å². The molecule has 1 rings (SSSR count). The van der Waals surface area contributed by atoms with E-state index in [1.807, 2.05) is 5.41 Å². The highest BCUT2D eigenvalue weighted by atomic mass is 33.5. The van der Waals surface area contributed by atoms with Crippen molar-refractivity contribution in [2.45, 2.75) is 0 Å². The molecule has 3 heteroatoms. The van der Waals surface area contributed by atoms with Gasteiger partial charge in [-0.2, -0.15) is 0 Å². The van der Waals surface area contributed by atoms with Gasteiger partial charge in [-0.1, -0.05) is 16.7 Å². The molecule has 0 spiro atoms. The van der Waals surface area contributed by atoms with Gasteiger partial charge in [-0.15, -0.1) is 6.42 Å². The summed E-state index contributed by atoms with van der Waals surface area (Å²) in [7, 11) is 5.03. The van der Waals surface area contributed by atoms with Crippen LogP contribution >= 0.6 is 31.4 Å². The molecule has 0 aliphatic carbocycles. The van der Waals surface area contributed by atoms with Crippen LogP contribution in [0.5, 0.6) is 0 Å². The van der Waals surface area contributed by atoms with Crippen molar-refractivity contribution in [3.8, 4) is 12.3 Å². The molecular weight excluding hydrogens is 144 g/mol. The predicted octanol–water partition coefficient (Wildman–Crippen LogP) is 2.50. The van der Waals surface area contributed by atoms with Crippen LogP contribution in [0.15, 0.2) is 10.3 Å². The van der Waals surface area contributed by atoms with Crippen LogP contribution < -0.4 is 0 Å². The fraction of sp³-hybridized carbons (Fsp3) is 0. The van der Waals surface area contributed by atoms with E-state index in [-0.39, 0.29) is 0 Å². The Balaban J connectivity index is 2.57. The predicted molar refractivity (Wildman–Crippen MR) is 39.7 cm³/mol. The van der Waals surface area contributed by atoms with Crippen LogP contribution in [-0.2, 0) is 0 Å². The summed E-state index contributed by atoms with van der Waals surface area (Å²) >= 11 is 0. The molecule has 1 aliphatic heterocycles. The van der Waals surface area contributed by atoms with Gasteiger partial charge in [0.1, 0.15) is 0 Å². The van der Waals surface area contributed by atoms with Gasteiger partial charge in [-0.3, -0.25) is 0 Å². The fourth-order valence-corrected chi connectivity index (χ4v) is 3.65. The van der Waals surface area contributed by atoms with E-state index in [9.17, 15) is 0 Å². The second-order valence-corrected chi connectivity index (χ2v) is 4.76. The van der Waals surface area contributed by atoms with E-state index < -0.39 is 0 Å². The van der Waals surface area contributed by atoms with Crippen LogP contribution in [0.2, 0.25) is 0 Å². The van der Waals surface area contributed by atoms with E-state index in [4.69, 9.17) is 6.42 Å². The molecule has 0 saturated heterocycles. The highest BCUT2D eigenvalue weighted by Gasteiger charge is 2.01. The molecule has 1 heterocycles. The highest BCUT2D eigenvalue weighted by Crippen LogP contribution is 2.47. The van der Waals surface area contributed by atoms with E-state index in [1.54, 1.807) is 31.4 Å². The molecule has 0 fully saturated rings. The monoisotopic (exact) mass is 146 g/mol. The van der Waals surface area contributed by atoms with Crippen molar-refractivity contribution in [3.63, 3.8) is 0 Å². The first-order chi connectivity index (χ1) is 3.43. The Bertz CT molecular complexity index is 130. The molecule has 0 N–H and O–H groups in total. The van der Waals surface area contributed by atoms with Gasteiger partial charge in [0, 0.05) is 5.41 Å². The maximum Gasteiger partial charge on any atom is 0.0759 e. The van der Waals surface area contributed by atoms with Gasteiger partial charge in [0.2, 0.25) is 0 Å². The van der Waals surface area contributed by atoms with E-state index >= 15 is 0 Å². The molecule has 0 unspecified atom stereocenters. The van der Waals surface area contributed by atoms with Crippen molar-refractivity contribution < 1.29 is 0 Å². The number of hydrogen-bond acceptors (Lipinski definition) is 3. The number of hydrogen-bond donors (Lipinski definition) is 0. The number of terminal acetylenes is 1. The molecule has 0 nitrogen and oxygen atoms in total. The first-order valence-corrected chi connectivity index (χ1v) is 5.15. The summed E-state index contributed by atoms with van der Waals surface area (Å²) in [5, 5.41) is 1.98. The van der Waals surface area contributed by atoms with Crippen molar-refractivity contribution in [3.05, 3.63) is 10.3 Å². The van der Waals surface area contributed by atoms with E-state index in [1.165, 1.54) is 0 Å². The Morgan fingerprint density at radius 2 is 2.57 bits per heavy atom. The molecule has 0 aromatic heterocycles. The second kappa shape index (κ2) is 2.61. The summed E-state index contributed by atoms with van der Waals surface area (Å²) < 4.78 is 0. The first-order valence-electron chi connectivity index (χ1n) is 1.60. The lowest BCUT2D eigenvalue weighted by molar-refractivity contribution is 2.21. The minimum absolute atomic E-state index is 1.04. The number of rotatable bonds is 0. The molecule has 0 aromatic carbocycles. The molecule has 0 bridgehead atoms. The van der Waals surface area contributed by atoms with Crippen LogP contribution in [-0.4, -0.2) is 0 Å². The molecule has 7 heavy (non-hydrogen) atoms. The maximum absolute atomic E-state index is 5.07. The van der Waals surface area contributed by atoms with E-state index in [2.05, 4.69) is 5.92 Å². The Morgan fingerprint density at radius 3 is 2.86 bits per heavy atom. The molecule has 0 radical (unpaired) electrons. The zero-order valence-electron chi connectivity index (χ0n) is 3.38. The topological polar surface area (TPSA) is 0 Å². The van der Waals surface area contributed by atoms with Gasteiger partial charge >= 0.3 is 0 Å². The Labute approximate surface area is 54.3 Å². The Hall–Kier alpha value is 0.350. The normalized spacial score (nSPS) is 18.4. The largest absolute Gasteiger partial charge is 0.114 e. The van der Waals surface area contributed by atoms with Crippen LogP contribution in [0.1, 0.15) is 0 Å². The van der Waals surface area contributed by atoms with Gasteiger partial charge in [0.25, 0.3) is 0 Å². The lowest BCUT2D eigenvalue weighted by Gasteiger charge is -1.76. The fourth-order valence-electron chi connectivity index (χ4n) is 0.197. The van der Waals surface area contributed by atoms with Gasteiger partial charge in [-0.25, -0.2) is 0 Å². The smallest absolute Gasteiger partial charge is 0.0759 e. The summed E-state index contributed by atoms with van der Waals surface area (Å²) in [6.45, 7) is 0. The molecular formula is C4H2S3. The quantitative estimate of drug-likeness (QED) is 0.381. The van der Waals surface area contributed by atoms with Crippen LogP contribution in [0, 0.1) is 12.3 Å². The van der Waals surface area contributed by atoms with Crippen molar-refractivity contribution in [2.75, 3.05) is 0 Å². The summed E-state index contributed by atoms with van der Waals surface area (Å²) in [6.07, 6.45) is 5.07. The molecule has 0 saturated carbocycles. The van der Waals surface area contributed by atoms with Gasteiger partial charge in [0.15, 0.2) is 0 Å². The highest BCUT2D eigenvalue weighted by molar-refractivity contribution is 9.11. The molecule has 36 valence electrons. The van der Waals surface area contributed by atoms with Crippen LogP contribution in [0.25, 0.3) is 0 Å². The second-order valence-electron chi connectivity index (χ2n) is 0.874. The summed E-state index contributed by atoms with van der Waals surface area (Å²) in [4.78, 5) is 1.04. The summed E-state index contributed by atoms with van der Waals surface area (Å²) in [6, 6.07) is 0. The summed E-state index contributed by atoms with van der Waals surface area (Å²) in [5.74, 6) is 2.55. The molecule has 0 amide bonds. The standard InChI is InChI=1S/C4H2S3/c1-2-4-3-5-7-6-4/h1,3H. The molecule has 0 atom stereocenters. The third-order valence-electron chi connectivity index (χ3n) is 0.460. The Kier molecular flexibility index (Phi) is 2.04. The van der Waals surface area contributed by atoms with Gasteiger partial charge in [-0.05, 0) is 20.6 Å². The lowest BCUT2D eigenvalue weighted by Crippen LogP contribution is -1.52. The zero-order valence-corrected chi connectivity index (χ0v) is 5.83. The van der Waals surface area contributed by atoms with Crippen molar-refractivity contribution in [1.29, 1.82) is 0 Å². The van der Waals surface area contributed by atoms with Crippen LogP contribution in [0.4, 0.5) is 0 Å². The number of allylic oxidation sites excluding steroid dienone is 1. The van der Waals surface area contributed by atoms with Crippen molar-refractivity contribution >= 4 is 31.4 Å². The Morgan fingerprint density at radius 1 is 1.71 bits per heavy atom. The minimum atomic E-state index is 1.04. The van der Waals surface area contributed by atoms with Gasteiger partial charge in [0.05, 0.1) is 4.91 Å². The van der Waals surface area contributed by atoms with Crippen molar-refractivity contribution in [1.82, 2.24) is 0 Å². The average molecular weight is 146 g/mol. The lowest BCUT2D eigenvalue weighted by atomic mass is 10.7. The first kappa shape index (κ1) is 5.49. The summed E-state index contributed by atoms with van der Waals surface area (Å²) in [5.41, 5.74) is 0. The van der Waals surface area contributed by atoms with Crippen LogP contribution in [0.3, 0.4) is 0 Å². The van der Waals surface area contributed by atoms with Gasteiger partial charge < -0.3 is 0 Å². The minimum Gasteiger partial charge on any atom is -0.114 e. The molecule has 1 aliphatic rings.